The Morgan fingerprint density at radius 3 is 2.60 bits per heavy atom. The van der Waals surface area contributed by atoms with E-state index in [1.165, 1.54) is 11.8 Å². The van der Waals surface area contributed by atoms with Gasteiger partial charge in [0.25, 0.3) is 5.72 Å². The second-order valence-corrected chi connectivity index (χ2v) is 4.16. The van der Waals surface area contributed by atoms with Crippen LogP contribution >= 0.6 is 11.8 Å². The average Bonchev–Trinajstić information content (AvgIpc) is 2.64. The van der Waals surface area contributed by atoms with Gasteiger partial charge in [0.05, 0.1) is 5.75 Å². The molecule has 0 spiro atoms. The van der Waals surface area contributed by atoms with Crippen molar-refractivity contribution in [2.75, 3.05) is 5.75 Å². The zero-order chi connectivity index (χ0) is 10.9. The summed E-state index contributed by atoms with van der Waals surface area (Å²) < 4.78 is 0. The number of carboxylic acid groups (broad SMARTS) is 1. The van der Waals surface area contributed by atoms with Crippen LogP contribution in [-0.4, -0.2) is 32.7 Å². The summed E-state index contributed by atoms with van der Waals surface area (Å²) in [5, 5.41) is 18.9. The number of hydrogen-bond donors (Lipinski definition) is 2. The third kappa shape index (κ3) is 1.88. The van der Waals surface area contributed by atoms with Crippen LogP contribution in [0.5, 0.6) is 0 Å². The first kappa shape index (κ1) is 10.2. The highest BCUT2D eigenvalue weighted by atomic mass is 32.2. The smallest absolute Gasteiger partial charge is 0.360 e. The number of aliphatic hydroxyl groups is 1. The van der Waals surface area contributed by atoms with E-state index in [1.54, 1.807) is 0 Å². The van der Waals surface area contributed by atoms with Crippen molar-refractivity contribution in [2.45, 2.75) is 5.72 Å². The summed E-state index contributed by atoms with van der Waals surface area (Å²) in [6.07, 6.45) is 0. The molecule has 0 aromatic heterocycles. The third-order valence-electron chi connectivity index (χ3n) is 2.06. The van der Waals surface area contributed by atoms with Crippen LogP contribution in [0.4, 0.5) is 0 Å². The van der Waals surface area contributed by atoms with Crippen LogP contribution in [0.3, 0.4) is 0 Å². The van der Waals surface area contributed by atoms with Gasteiger partial charge >= 0.3 is 5.97 Å². The first-order valence-corrected chi connectivity index (χ1v) is 5.34. The molecule has 0 bridgehead atoms. The van der Waals surface area contributed by atoms with Gasteiger partial charge in [0, 0.05) is 5.56 Å². The molecule has 2 rings (SSSR count). The summed E-state index contributed by atoms with van der Waals surface area (Å²) in [6, 6.07) is 9.22. The normalized spacial score (nSPS) is 25.0. The highest BCUT2D eigenvalue weighted by molar-refractivity contribution is 8.14. The molecule has 0 aliphatic carbocycles. The molecule has 1 aromatic carbocycles. The Kier molecular flexibility index (Phi) is 2.50. The lowest BCUT2D eigenvalue weighted by Gasteiger charge is -2.10. The van der Waals surface area contributed by atoms with Crippen molar-refractivity contribution in [3.05, 3.63) is 35.9 Å². The SMILES string of the molecule is O=C(O)C1(O)CSC(c2ccccc2)=N1. The molecule has 0 fully saturated rings. The highest BCUT2D eigenvalue weighted by Crippen LogP contribution is 2.29. The molecule has 78 valence electrons. The molecular weight excluding hydrogens is 214 g/mol. The fourth-order valence-electron chi connectivity index (χ4n) is 1.24. The monoisotopic (exact) mass is 223 g/mol. The van der Waals surface area contributed by atoms with Crippen molar-refractivity contribution in [3.8, 4) is 0 Å². The molecule has 1 aliphatic heterocycles. The average molecular weight is 223 g/mol. The van der Waals surface area contributed by atoms with E-state index in [9.17, 15) is 9.90 Å². The number of carbonyl (C=O) groups is 1. The van der Waals surface area contributed by atoms with Crippen molar-refractivity contribution < 1.29 is 15.0 Å². The van der Waals surface area contributed by atoms with Gasteiger partial charge in [0.15, 0.2) is 0 Å². The lowest BCUT2D eigenvalue weighted by Crippen LogP contribution is -2.36. The highest BCUT2D eigenvalue weighted by Gasteiger charge is 2.41. The molecule has 1 atom stereocenters. The molecule has 1 aliphatic rings. The molecule has 4 nitrogen and oxygen atoms in total. The second kappa shape index (κ2) is 3.67. The molecule has 1 heterocycles. The quantitative estimate of drug-likeness (QED) is 0.783. The van der Waals surface area contributed by atoms with Gasteiger partial charge in [-0.25, -0.2) is 9.79 Å². The molecule has 1 aromatic rings. The maximum Gasteiger partial charge on any atom is 0.360 e. The van der Waals surface area contributed by atoms with Crippen LogP contribution in [0.2, 0.25) is 0 Å². The van der Waals surface area contributed by atoms with Gasteiger partial charge in [-0.1, -0.05) is 30.3 Å². The number of benzene rings is 1. The Morgan fingerprint density at radius 1 is 1.40 bits per heavy atom. The first-order chi connectivity index (χ1) is 7.12. The van der Waals surface area contributed by atoms with E-state index in [0.29, 0.717) is 5.04 Å². The van der Waals surface area contributed by atoms with Crippen LogP contribution < -0.4 is 0 Å². The zero-order valence-corrected chi connectivity index (χ0v) is 8.57. The minimum absolute atomic E-state index is 0.0621. The molecule has 15 heavy (non-hydrogen) atoms. The first-order valence-electron chi connectivity index (χ1n) is 4.36. The van der Waals surface area contributed by atoms with Crippen LogP contribution in [-0.2, 0) is 4.79 Å². The molecule has 2 N–H and O–H groups in total. The third-order valence-corrected chi connectivity index (χ3v) is 3.21. The van der Waals surface area contributed by atoms with Crippen LogP contribution in [0.15, 0.2) is 35.3 Å². The van der Waals surface area contributed by atoms with Crippen molar-refractivity contribution in [2.24, 2.45) is 4.99 Å². The maximum atomic E-state index is 10.7. The van der Waals surface area contributed by atoms with Crippen LogP contribution in [0.25, 0.3) is 0 Å². The maximum absolute atomic E-state index is 10.7. The molecule has 1 unspecified atom stereocenters. The Balaban J connectivity index is 2.32. The summed E-state index contributed by atoms with van der Waals surface area (Å²) in [6.45, 7) is 0. The molecule has 0 amide bonds. The predicted octanol–water partition coefficient (Wildman–Crippen LogP) is 0.953. The van der Waals surface area contributed by atoms with E-state index in [4.69, 9.17) is 5.11 Å². The summed E-state index contributed by atoms with van der Waals surface area (Å²) in [5.74, 6) is -1.24. The molecular formula is C10H9NO3S. The van der Waals surface area contributed by atoms with Crippen LogP contribution in [0.1, 0.15) is 5.56 Å². The van der Waals surface area contributed by atoms with Gasteiger partial charge < -0.3 is 10.2 Å². The van der Waals surface area contributed by atoms with E-state index < -0.39 is 11.7 Å². The number of thioether (sulfide) groups is 1. The van der Waals surface area contributed by atoms with Gasteiger partial charge in [-0.2, -0.15) is 0 Å². The topological polar surface area (TPSA) is 69.9 Å². The summed E-state index contributed by atoms with van der Waals surface area (Å²) in [5.41, 5.74) is -1.13. The van der Waals surface area contributed by atoms with Gasteiger partial charge in [-0.3, -0.25) is 0 Å². The van der Waals surface area contributed by atoms with E-state index in [0.717, 1.165) is 5.56 Å². The van der Waals surface area contributed by atoms with E-state index in [1.807, 2.05) is 30.3 Å². The lowest BCUT2D eigenvalue weighted by atomic mass is 10.2. The molecule has 0 radical (unpaired) electrons. The van der Waals surface area contributed by atoms with Crippen molar-refractivity contribution >= 4 is 22.8 Å². The number of hydrogen-bond acceptors (Lipinski definition) is 4. The Labute approximate surface area is 90.7 Å². The van der Waals surface area contributed by atoms with Gasteiger partial charge in [-0.05, 0) is 0 Å². The largest absolute Gasteiger partial charge is 0.478 e. The van der Waals surface area contributed by atoms with Gasteiger partial charge in [0.1, 0.15) is 5.04 Å². The van der Waals surface area contributed by atoms with E-state index in [2.05, 4.69) is 4.99 Å². The summed E-state index contributed by atoms with van der Waals surface area (Å²) in [4.78, 5) is 14.6. The fourth-order valence-corrected chi connectivity index (χ4v) is 2.28. The molecule has 5 heteroatoms. The van der Waals surface area contributed by atoms with Gasteiger partial charge in [0.2, 0.25) is 0 Å². The molecule has 0 saturated carbocycles. The molecule has 0 saturated heterocycles. The number of carboxylic acids is 1. The summed E-state index contributed by atoms with van der Waals surface area (Å²) in [7, 11) is 0. The van der Waals surface area contributed by atoms with Crippen molar-refractivity contribution in [3.63, 3.8) is 0 Å². The fraction of sp³-hybridized carbons (Fsp3) is 0.200. The van der Waals surface area contributed by atoms with Crippen molar-refractivity contribution in [1.82, 2.24) is 0 Å². The Bertz CT molecular complexity index is 418. The lowest BCUT2D eigenvalue weighted by molar-refractivity contribution is -0.154. The zero-order valence-electron chi connectivity index (χ0n) is 7.75. The van der Waals surface area contributed by atoms with Crippen molar-refractivity contribution in [1.29, 1.82) is 0 Å². The number of nitrogens with zero attached hydrogens (tertiary/aromatic N) is 1. The van der Waals surface area contributed by atoms with Crippen LogP contribution in [0, 0.1) is 0 Å². The number of aliphatic carboxylic acids is 1. The second-order valence-electron chi connectivity index (χ2n) is 3.19. The Morgan fingerprint density at radius 2 is 2.07 bits per heavy atom. The van der Waals surface area contributed by atoms with E-state index in [-0.39, 0.29) is 5.75 Å². The van der Waals surface area contributed by atoms with Gasteiger partial charge in [-0.15, -0.1) is 11.8 Å². The predicted molar refractivity (Wildman–Crippen MR) is 58.0 cm³/mol. The minimum Gasteiger partial charge on any atom is -0.478 e. The van der Waals surface area contributed by atoms with E-state index >= 15 is 0 Å². The number of aliphatic imine (C=N–C) groups is 1. The standard InChI is InChI=1S/C10H9NO3S/c12-9(13)10(14)6-15-8(11-10)7-4-2-1-3-5-7/h1-5,14H,6H2,(H,12,13). The minimum atomic E-state index is -1.96. The summed E-state index contributed by atoms with van der Waals surface area (Å²) >= 11 is 1.25. The Hall–Kier alpha value is -1.33. The number of rotatable bonds is 2.